The molecule has 78 valence electrons. The minimum atomic E-state index is -0.268. The van der Waals surface area contributed by atoms with Gasteiger partial charge < -0.3 is 10.5 Å². The molecule has 0 heterocycles. The Kier molecular flexibility index (Phi) is 7.23. The van der Waals surface area contributed by atoms with E-state index in [0.29, 0.717) is 18.8 Å². The number of carbonyl (C=O) groups excluding carboxylic acids is 1. The van der Waals surface area contributed by atoms with Crippen LogP contribution in [0.1, 0.15) is 19.3 Å². The molecule has 0 saturated carbocycles. The maximum atomic E-state index is 10.4. The highest BCUT2D eigenvalue weighted by molar-refractivity contribution is 5.73. The predicted octanol–water partition coefficient (Wildman–Crippen LogP) is 1.91. The van der Waals surface area contributed by atoms with Gasteiger partial charge in [0.1, 0.15) is 5.76 Å². The highest BCUT2D eigenvalue weighted by Gasteiger charge is 1.94. The molecule has 3 nitrogen and oxygen atoms in total. The summed E-state index contributed by atoms with van der Waals surface area (Å²) in [5.41, 5.74) is 4.98. The van der Waals surface area contributed by atoms with Crippen LogP contribution in [0.5, 0.6) is 0 Å². The number of unbranched alkanes of at least 4 members (excludes halogenated alkanes) is 1. The van der Waals surface area contributed by atoms with Gasteiger partial charge in [0.25, 0.3) is 0 Å². The van der Waals surface area contributed by atoms with E-state index in [-0.39, 0.29) is 5.91 Å². The Morgan fingerprint density at radius 2 is 2.14 bits per heavy atom. The van der Waals surface area contributed by atoms with Crippen molar-refractivity contribution in [3.05, 3.63) is 37.1 Å². The van der Waals surface area contributed by atoms with E-state index in [2.05, 4.69) is 13.2 Å². The lowest BCUT2D eigenvalue weighted by molar-refractivity contribution is -0.118. The Morgan fingerprint density at radius 3 is 2.71 bits per heavy atom. The van der Waals surface area contributed by atoms with Gasteiger partial charge in [-0.15, -0.1) is 0 Å². The highest BCUT2D eigenvalue weighted by Crippen LogP contribution is 2.00. The second kappa shape index (κ2) is 8.10. The number of ether oxygens (including phenoxy) is 1. The second-order valence-electron chi connectivity index (χ2n) is 2.83. The first kappa shape index (κ1) is 12.5. The van der Waals surface area contributed by atoms with Gasteiger partial charge >= 0.3 is 0 Å². The fourth-order valence-electron chi connectivity index (χ4n) is 0.828. The molecule has 0 rings (SSSR count). The third-order valence-electron chi connectivity index (χ3n) is 1.52. The van der Waals surface area contributed by atoms with E-state index in [1.165, 1.54) is 0 Å². The van der Waals surface area contributed by atoms with Gasteiger partial charge in [-0.25, -0.2) is 0 Å². The number of allylic oxidation sites excluding steroid dienone is 3. The summed E-state index contributed by atoms with van der Waals surface area (Å²) in [6.45, 7) is 7.77. The second-order valence-corrected chi connectivity index (χ2v) is 2.83. The van der Waals surface area contributed by atoms with Crippen LogP contribution in [0.4, 0.5) is 0 Å². The average molecular weight is 195 g/mol. The first-order valence-electron chi connectivity index (χ1n) is 4.56. The average Bonchev–Trinajstić information content (AvgIpc) is 2.13. The number of carbonyl (C=O) groups is 1. The Labute approximate surface area is 84.9 Å². The van der Waals surface area contributed by atoms with Crippen LogP contribution in [0.2, 0.25) is 0 Å². The normalized spacial score (nSPS) is 10.0. The van der Waals surface area contributed by atoms with E-state index in [1.54, 1.807) is 18.2 Å². The molecular weight excluding hydrogens is 178 g/mol. The molecule has 0 unspecified atom stereocenters. The minimum absolute atomic E-state index is 0.268. The quantitative estimate of drug-likeness (QED) is 0.365. The molecule has 2 N–H and O–H groups in total. The van der Waals surface area contributed by atoms with Crippen molar-refractivity contribution >= 4 is 5.91 Å². The molecule has 0 spiro atoms. The molecule has 0 aromatic carbocycles. The molecule has 0 atom stereocenters. The fourth-order valence-corrected chi connectivity index (χ4v) is 0.828. The first-order valence-corrected chi connectivity index (χ1v) is 4.56. The SMILES string of the molecule is C=C/C=C\C(=C)OCCCCC(N)=O. The van der Waals surface area contributed by atoms with Crippen LogP contribution in [-0.4, -0.2) is 12.5 Å². The maximum Gasteiger partial charge on any atom is 0.217 e. The van der Waals surface area contributed by atoms with E-state index < -0.39 is 0 Å². The lowest BCUT2D eigenvalue weighted by Gasteiger charge is -2.04. The molecule has 0 aromatic rings. The fraction of sp³-hybridized carbons (Fsp3) is 0.364. The molecule has 0 aliphatic carbocycles. The molecule has 0 fully saturated rings. The molecule has 0 aromatic heterocycles. The van der Waals surface area contributed by atoms with Gasteiger partial charge in [-0.05, 0) is 18.9 Å². The largest absolute Gasteiger partial charge is 0.494 e. The molecular formula is C11H17NO2. The number of amides is 1. The first-order chi connectivity index (χ1) is 6.66. The Hall–Kier alpha value is -1.51. The zero-order valence-corrected chi connectivity index (χ0v) is 8.37. The number of hydrogen-bond donors (Lipinski definition) is 1. The summed E-state index contributed by atoms with van der Waals surface area (Å²) >= 11 is 0. The maximum absolute atomic E-state index is 10.4. The standard InChI is InChI=1S/C11H17NO2/c1-3-4-7-10(2)14-9-6-5-8-11(12)13/h3-4,7H,1-2,5-6,8-9H2,(H2,12,13)/b7-4-. The van der Waals surface area contributed by atoms with Crippen molar-refractivity contribution in [1.29, 1.82) is 0 Å². The number of hydrogen-bond acceptors (Lipinski definition) is 2. The van der Waals surface area contributed by atoms with E-state index >= 15 is 0 Å². The monoisotopic (exact) mass is 195 g/mol. The van der Waals surface area contributed by atoms with Crippen molar-refractivity contribution in [2.75, 3.05) is 6.61 Å². The van der Waals surface area contributed by atoms with Crippen LogP contribution in [0.15, 0.2) is 37.1 Å². The molecule has 0 aliphatic rings. The predicted molar refractivity (Wildman–Crippen MR) is 57.5 cm³/mol. The van der Waals surface area contributed by atoms with Crippen LogP contribution in [0.3, 0.4) is 0 Å². The molecule has 0 bridgehead atoms. The summed E-state index contributed by atoms with van der Waals surface area (Å²) in [6.07, 6.45) is 7.13. The number of nitrogens with two attached hydrogens (primary N) is 1. The van der Waals surface area contributed by atoms with Gasteiger partial charge in [-0.2, -0.15) is 0 Å². The van der Waals surface area contributed by atoms with Gasteiger partial charge in [0.05, 0.1) is 6.61 Å². The van der Waals surface area contributed by atoms with Crippen LogP contribution in [0, 0.1) is 0 Å². The molecule has 1 amide bonds. The summed E-state index contributed by atoms with van der Waals surface area (Å²) < 4.78 is 5.24. The molecule has 0 radical (unpaired) electrons. The molecule has 0 aliphatic heterocycles. The molecule has 3 heteroatoms. The summed E-state index contributed by atoms with van der Waals surface area (Å²) in [5.74, 6) is 0.333. The molecule has 14 heavy (non-hydrogen) atoms. The number of rotatable bonds is 8. The highest BCUT2D eigenvalue weighted by atomic mass is 16.5. The third-order valence-corrected chi connectivity index (χ3v) is 1.52. The van der Waals surface area contributed by atoms with Crippen molar-refractivity contribution in [3.8, 4) is 0 Å². The van der Waals surface area contributed by atoms with Crippen molar-refractivity contribution in [1.82, 2.24) is 0 Å². The van der Waals surface area contributed by atoms with Crippen molar-refractivity contribution < 1.29 is 9.53 Å². The summed E-state index contributed by atoms with van der Waals surface area (Å²) in [5, 5.41) is 0. The Bertz CT molecular complexity index is 231. The summed E-state index contributed by atoms with van der Waals surface area (Å²) in [6, 6.07) is 0. The van der Waals surface area contributed by atoms with Crippen LogP contribution >= 0.6 is 0 Å². The van der Waals surface area contributed by atoms with Crippen LogP contribution in [0.25, 0.3) is 0 Å². The smallest absolute Gasteiger partial charge is 0.217 e. The van der Waals surface area contributed by atoms with E-state index in [1.807, 2.05) is 0 Å². The van der Waals surface area contributed by atoms with Crippen LogP contribution < -0.4 is 5.73 Å². The summed E-state index contributed by atoms with van der Waals surface area (Å²) in [7, 11) is 0. The van der Waals surface area contributed by atoms with Gasteiger partial charge in [0, 0.05) is 6.42 Å². The van der Waals surface area contributed by atoms with Gasteiger partial charge in [0.2, 0.25) is 5.91 Å². The minimum Gasteiger partial charge on any atom is -0.494 e. The molecule has 0 saturated heterocycles. The third kappa shape index (κ3) is 8.59. The number of primary amides is 1. The zero-order valence-electron chi connectivity index (χ0n) is 8.37. The van der Waals surface area contributed by atoms with Gasteiger partial charge in [0.15, 0.2) is 0 Å². The Morgan fingerprint density at radius 1 is 1.43 bits per heavy atom. The van der Waals surface area contributed by atoms with Gasteiger partial charge in [-0.3, -0.25) is 4.79 Å². The van der Waals surface area contributed by atoms with E-state index in [0.717, 1.165) is 12.8 Å². The van der Waals surface area contributed by atoms with Crippen molar-refractivity contribution in [2.45, 2.75) is 19.3 Å². The summed E-state index contributed by atoms with van der Waals surface area (Å²) in [4.78, 5) is 10.4. The Balaban J connectivity index is 3.36. The van der Waals surface area contributed by atoms with E-state index in [4.69, 9.17) is 10.5 Å². The zero-order chi connectivity index (χ0) is 10.8. The van der Waals surface area contributed by atoms with Crippen molar-refractivity contribution in [2.24, 2.45) is 5.73 Å². The van der Waals surface area contributed by atoms with Crippen molar-refractivity contribution in [3.63, 3.8) is 0 Å². The van der Waals surface area contributed by atoms with E-state index in [9.17, 15) is 4.79 Å². The topological polar surface area (TPSA) is 52.3 Å². The van der Waals surface area contributed by atoms with Crippen LogP contribution in [-0.2, 0) is 9.53 Å². The lowest BCUT2D eigenvalue weighted by Crippen LogP contribution is -2.10. The van der Waals surface area contributed by atoms with Gasteiger partial charge in [-0.1, -0.05) is 25.3 Å². The lowest BCUT2D eigenvalue weighted by atomic mass is 10.2.